The number of hydrogen-bond acceptors (Lipinski definition) is 5. The Kier molecular flexibility index (Phi) is 4.90. The fourth-order valence-electron chi connectivity index (χ4n) is 2.58. The van der Waals surface area contributed by atoms with E-state index in [-0.39, 0.29) is 11.9 Å². The average Bonchev–Trinajstić information content (AvgIpc) is 3.09. The molecule has 0 aliphatic heterocycles. The van der Waals surface area contributed by atoms with Crippen molar-refractivity contribution in [3.63, 3.8) is 0 Å². The lowest BCUT2D eigenvalue weighted by atomic mass is 10.1. The summed E-state index contributed by atoms with van der Waals surface area (Å²) in [4.78, 5) is 19.3. The fourth-order valence-corrected chi connectivity index (χ4v) is 3.64. The van der Waals surface area contributed by atoms with E-state index in [1.807, 2.05) is 31.2 Å². The zero-order valence-corrected chi connectivity index (χ0v) is 15.5. The van der Waals surface area contributed by atoms with Gasteiger partial charge in [-0.3, -0.25) is 4.79 Å². The van der Waals surface area contributed by atoms with Crippen molar-refractivity contribution in [2.75, 3.05) is 21.3 Å². The van der Waals surface area contributed by atoms with Gasteiger partial charge in [-0.25, -0.2) is 4.98 Å². The summed E-state index contributed by atoms with van der Waals surface area (Å²) < 4.78 is 11.7. The lowest BCUT2D eigenvalue weighted by Gasteiger charge is -2.24. The Morgan fingerprint density at radius 3 is 2.60 bits per heavy atom. The Labute approximate surface area is 150 Å². The second kappa shape index (κ2) is 7.11. The minimum absolute atomic E-state index is 0.119. The summed E-state index contributed by atoms with van der Waals surface area (Å²) >= 11 is 1.61. The molecule has 130 valence electrons. The highest BCUT2D eigenvalue weighted by Gasteiger charge is 2.24. The molecule has 0 N–H and O–H groups in total. The molecule has 3 rings (SSSR count). The molecule has 0 radical (unpaired) electrons. The quantitative estimate of drug-likeness (QED) is 0.689. The van der Waals surface area contributed by atoms with Crippen LogP contribution in [0.3, 0.4) is 0 Å². The van der Waals surface area contributed by atoms with E-state index in [0.29, 0.717) is 17.1 Å². The number of carbonyl (C=O) groups excluding carboxylic acids is 1. The zero-order chi connectivity index (χ0) is 18.0. The van der Waals surface area contributed by atoms with Crippen LogP contribution in [0.4, 0.5) is 0 Å². The number of benzene rings is 2. The first kappa shape index (κ1) is 17.2. The summed E-state index contributed by atoms with van der Waals surface area (Å²) in [5.74, 6) is 1.02. The molecule has 0 unspecified atom stereocenters. The van der Waals surface area contributed by atoms with E-state index in [1.54, 1.807) is 55.7 Å². The number of fused-ring (bicyclic) bond motifs is 1. The Morgan fingerprint density at radius 2 is 1.92 bits per heavy atom. The van der Waals surface area contributed by atoms with Crippen molar-refractivity contribution in [3.8, 4) is 11.5 Å². The first-order valence-corrected chi connectivity index (χ1v) is 8.71. The molecule has 0 bridgehead atoms. The minimum Gasteiger partial charge on any atom is -0.497 e. The standard InChI is InChI=1S/C19H20N2O3S/c1-12(18-20-15-7-5-6-8-17(15)25-18)21(2)19(22)14-10-9-13(23-3)11-16(14)24-4/h5-12H,1-4H3/t12-/m1/s1. The van der Waals surface area contributed by atoms with E-state index in [9.17, 15) is 4.79 Å². The number of thiazole rings is 1. The van der Waals surface area contributed by atoms with Crippen molar-refractivity contribution in [1.82, 2.24) is 9.88 Å². The van der Waals surface area contributed by atoms with Gasteiger partial charge in [0.25, 0.3) is 5.91 Å². The molecule has 1 amide bonds. The van der Waals surface area contributed by atoms with Gasteiger partial charge in [0.1, 0.15) is 16.5 Å². The van der Waals surface area contributed by atoms with Crippen LogP contribution in [0.2, 0.25) is 0 Å². The largest absolute Gasteiger partial charge is 0.497 e. The Balaban J connectivity index is 1.88. The van der Waals surface area contributed by atoms with E-state index in [0.717, 1.165) is 15.2 Å². The normalized spacial score (nSPS) is 12.0. The summed E-state index contributed by atoms with van der Waals surface area (Å²) in [7, 11) is 4.91. The van der Waals surface area contributed by atoms with E-state index in [4.69, 9.17) is 9.47 Å². The molecule has 0 spiro atoms. The average molecular weight is 356 g/mol. The van der Waals surface area contributed by atoms with Gasteiger partial charge in [-0.1, -0.05) is 12.1 Å². The molecule has 0 aliphatic carbocycles. The molecule has 1 aromatic heterocycles. The highest BCUT2D eigenvalue weighted by molar-refractivity contribution is 7.18. The first-order chi connectivity index (χ1) is 12.0. The van der Waals surface area contributed by atoms with E-state index >= 15 is 0 Å². The van der Waals surface area contributed by atoms with Crippen LogP contribution in [0.15, 0.2) is 42.5 Å². The number of nitrogens with zero attached hydrogens (tertiary/aromatic N) is 2. The van der Waals surface area contributed by atoms with Crippen molar-refractivity contribution in [1.29, 1.82) is 0 Å². The maximum Gasteiger partial charge on any atom is 0.257 e. The summed E-state index contributed by atoms with van der Waals surface area (Å²) in [6.45, 7) is 1.98. The lowest BCUT2D eigenvalue weighted by molar-refractivity contribution is 0.0739. The molecular weight excluding hydrogens is 336 g/mol. The molecular formula is C19H20N2O3S. The minimum atomic E-state index is -0.142. The molecule has 1 heterocycles. The number of amides is 1. The van der Waals surface area contributed by atoms with Gasteiger partial charge < -0.3 is 14.4 Å². The smallest absolute Gasteiger partial charge is 0.257 e. The predicted octanol–water partition coefficient (Wildman–Crippen LogP) is 4.15. The van der Waals surface area contributed by atoms with Crippen LogP contribution in [-0.4, -0.2) is 37.1 Å². The fraction of sp³-hybridized carbons (Fsp3) is 0.263. The van der Waals surface area contributed by atoms with Gasteiger partial charge in [-0.15, -0.1) is 11.3 Å². The van der Waals surface area contributed by atoms with Gasteiger partial charge in [0.05, 0.1) is 36.0 Å². The third-order valence-electron chi connectivity index (χ3n) is 4.21. The number of para-hydroxylation sites is 1. The number of ether oxygens (including phenoxy) is 2. The Bertz CT molecular complexity index is 874. The number of aromatic nitrogens is 1. The summed E-state index contributed by atoms with van der Waals surface area (Å²) in [5.41, 5.74) is 1.45. The maximum absolute atomic E-state index is 12.9. The third kappa shape index (κ3) is 3.30. The van der Waals surface area contributed by atoms with Gasteiger partial charge in [0.2, 0.25) is 0 Å². The molecule has 5 nitrogen and oxygen atoms in total. The number of methoxy groups -OCH3 is 2. The van der Waals surface area contributed by atoms with Crippen LogP contribution in [0.1, 0.15) is 28.3 Å². The molecule has 0 saturated heterocycles. The Morgan fingerprint density at radius 1 is 1.16 bits per heavy atom. The molecule has 1 atom stereocenters. The van der Waals surface area contributed by atoms with Crippen LogP contribution < -0.4 is 9.47 Å². The van der Waals surface area contributed by atoms with Crippen molar-refractivity contribution >= 4 is 27.5 Å². The maximum atomic E-state index is 12.9. The van der Waals surface area contributed by atoms with Crippen molar-refractivity contribution in [2.24, 2.45) is 0 Å². The van der Waals surface area contributed by atoms with E-state index < -0.39 is 0 Å². The molecule has 25 heavy (non-hydrogen) atoms. The molecule has 2 aromatic carbocycles. The lowest BCUT2D eigenvalue weighted by Crippen LogP contribution is -2.29. The Hall–Kier alpha value is -2.60. The summed E-state index contributed by atoms with van der Waals surface area (Å²) in [6, 6.07) is 13.0. The SMILES string of the molecule is COc1ccc(C(=O)N(C)[C@H](C)c2nc3ccccc3s2)c(OC)c1. The van der Waals surface area contributed by atoms with Crippen molar-refractivity contribution < 1.29 is 14.3 Å². The molecule has 3 aromatic rings. The number of hydrogen-bond donors (Lipinski definition) is 0. The van der Waals surface area contributed by atoms with Crippen molar-refractivity contribution in [2.45, 2.75) is 13.0 Å². The van der Waals surface area contributed by atoms with E-state index in [1.165, 1.54) is 0 Å². The number of rotatable bonds is 5. The second-order valence-electron chi connectivity index (χ2n) is 5.68. The second-order valence-corrected chi connectivity index (χ2v) is 6.74. The summed E-state index contributed by atoms with van der Waals surface area (Å²) in [6.07, 6.45) is 0. The zero-order valence-electron chi connectivity index (χ0n) is 14.6. The molecule has 0 fully saturated rings. The van der Waals surface area contributed by atoms with Gasteiger partial charge in [0.15, 0.2) is 0 Å². The van der Waals surface area contributed by atoms with Crippen LogP contribution in [0, 0.1) is 0 Å². The first-order valence-electron chi connectivity index (χ1n) is 7.89. The highest BCUT2D eigenvalue weighted by atomic mass is 32.1. The van der Waals surface area contributed by atoms with E-state index in [2.05, 4.69) is 4.98 Å². The van der Waals surface area contributed by atoms with Gasteiger partial charge in [-0.2, -0.15) is 0 Å². The van der Waals surface area contributed by atoms with Crippen LogP contribution in [0.5, 0.6) is 11.5 Å². The van der Waals surface area contributed by atoms with Crippen molar-refractivity contribution in [3.05, 3.63) is 53.0 Å². The van der Waals surface area contributed by atoms with Gasteiger partial charge >= 0.3 is 0 Å². The molecule has 6 heteroatoms. The van der Waals surface area contributed by atoms with Crippen LogP contribution >= 0.6 is 11.3 Å². The monoisotopic (exact) mass is 356 g/mol. The highest BCUT2D eigenvalue weighted by Crippen LogP contribution is 2.31. The molecule has 0 saturated carbocycles. The van der Waals surface area contributed by atoms with Gasteiger partial charge in [-0.05, 0) is 31.2 Å². The van der Waals surface area contributed by atoms with Crippen LogP contribution in [0.25, 0.3) is 10.2 Å². The molecule has 0 aliphatic rings. The topological polar surface area (TPSA) is 51.7 Å². The van der Waals surface area contributed by atoms with Crippen LogP contribution in [-0.2, 0) is 0 Å². The third-order valence-corrected chi connectivity index (χ3v) is 5.41. The number of carbonyl (C=O) groups is 1. The summed E-state index contributed by atoms with van der Waals surface area (Å²) in [5, 5.41) is 0.907. The predicted molar refractivity (Wildman–Crippen MR) is 99.7 cm³/mol. The van der Waals surface area contributed by atoms with Gasteiger partial charge in [0, 0.05) is 13.1 Å².